The maximum absolute atomic E-state index is 11.5. The Balaban J connectivity index is 3.43. The number of hydrogen-bond donors (Lipinski definition) is 4. The highest BCUT2D eigenvalue weighted by atomic mass is 16.6. The van der Waals surface area contributed by atoms with Crippen LogP contribution in [0.25, 0.3) is 0 Å². The second kappa shape index (κ2) is 15.2. The average molecular weight is 408 g/mol. The van der Waals surface area contributed by atoms with E-state index in [4.69, 9.17) is 24.1 Å². The summed E-state index contributed by atoms with van der Waals surface area (Å²) in [6.45, 7) is 5.79. The van der Waals surface area contributed by atoms with Crippen molar-refractivity contribution < 1.29 is 43.5 Å². The third kappa shape index (κ3) is 19.0. The fourth-order valence-electron chi connectivity index (χ4n) is 1.75. The summed E-state index contributed by atoms with van der Waals surface area (Å²) >= 11 is 0. The molecule has 11 nitrogen and oxygen atoms in total. The molecule has 1 atom stereocenters. The molecule has 2 amide bonds. The molecule has 0 aromatic rings. The van der Waals surface area contributed by atoms with Gasteiger partial charge in [0, 0.05) is 13.0 Å². The van der Waals surface area contributed by atoms with Crippen LogP contribution in [0, 0.1) is 0 Å². The van der Waals surface area contributed by atoms with Crippen molar-refractivity contribution in [2.24, 2.45) is 0 Å². The van der Waals surface area contributed by atoms with Crippen molar-refractivity contribution in [3.05, 3.63) is 0 Å². The number of amides is 2. The Morgan fingerprint density at radius 2 is 1.39 bits per heavy atom. The Hall–Kier alpha value is -1.79. The van der Waals surface area contributed by atoms with Crippen LogP contribution in [0.15, 0.2) is 0 Å². The van der Waals surface area contributed by atoms with Gasteiger partial charge in [0.1, 0.15) is 19.8 Å². The van der Waals surface area contributed by atoms with Crippen LogP contribution in [0.3, 0.4) is 0 Å². The molecule has 0 fully saturated rings. The SMILES string of the molecule is CC(C)(C)OC(O)CCNC(=O)COCCOCCOCC(=O)NCC(=O)O. The van der Waals surface area contributed by atoms with Crippen LogP contribution in [-0.2, 0) is 33.3 Å². The molecule has 4 N–H and O–H groups in total. The van der Waals surface area contributed by atoms with E-state index in [1.165, 1.54) is 0 Å². The lowest BCUT2D eigenvalue weighted by Gasteiger charge is -2.23. The van der Waals surface area contributed by atoms with Crippen molar-refractivity contribution in [3.8, 4) is 0 Å². The quantitative estimate of drug-likeness (QED) is 0.184. The summed E-state index contributed by atoms with van der Waals surface area (Å²) in [5.74, 6) is -1.95. The largest absolute Gasteiger partial charge is 0.480 e. The van der Waals surface area contributed by atoms with E-state index in [2.05, 4.69) is 10.6 Å². The van der Waals surface area contributed by atoms with E-state index in [1.54, 1.807) is 0 Å². The summed E-state index contributed by atoms with van der Waals surface area (Å²) in [6.07, 6.45) is -0.666. The van der Waals surface area contributed by atoms with Crippen LogP contribution in [0.2, 0.25) is 0 Å². The van der Waals surface area contributed by atoms with Gasteiger partial charge < -0.3 is 39.8 Å². The number of carboxylic acid groups (broad SMARTS) is 1. The van der Waals surface area contributed by atoms with E-state index in [-0.39, 0.29) is 58.5 Å². The number of carboxylic acids is 1. The van der Waals surface area contributed by atoms with Gasteiger partial charge in [0.2, 0.25) is 11.8 Å². The Bertz CT molecular complexity index is 466. The Labute approximate surface area is 164 Å². The molecule has 0 bridgehead atoms. The normalized spacial score (nSPS) is 12.4. The molecule has 0 heterocycles. The zero-order valence-electron chi connectivity index (χ0n) is 16.7. The molecule has 164 valence electrons. The lowest BCUT2D eigenvalue weighted by atomic mass is 10.2. The molecule has 0 aromatic heterocycles. The van der Waals surface area contributed by atoms with E-state index >= 15 is 0 Å². The van der Waals surface area contributed by atoms with Crippen LogP contribution in [0.1, 0.15) is 27.2 Å². The first kappa shape index (κ1) is 26.2. The molecule has 0 radical (unpaired) electrons. The van der Waals surface area contributed by atoms with Gasteiger partial charge >= 0.3 is 5.97 Å². The molecule has 1 unspecified atom stereocenters. The van der Waals surface area contributed by atoms with Gasteiger partial charge in [-0.3, -0.25) is 14.4 Å². The molecule has 0 saturated carbocycles. The minimum Gasteiger partial charge on any atom is -0.480 e. The zero-order chi connectivity index (χ0) is 21.4. The van der Waals surface area contributed by atoms with Crippen molar-refractivity contribution in [1.29, 1.82) is 0 Å². The van der Waals surface area contributed by atoms with E-state index in [0.717, 1.165) is 0 Å². The van der Waals surface area contributed by atoms with Crippen LogP contribution in [0.5, 0.6) is 0 Å². The molecule has 0 aliphatic rings. The van der Waals surface area contributed by atoms with E-state index < -0.39 is 30.3 Å². The molecule has 0 spiro atoms. The van der Waals surface area contributed by atoms with Crippen LogP contribution in [-0.4, -0.2) is 92.6 Å². The second-order valence-corrected chi connectivity index (χ2v) is 6.71. The van der Waals surface area contributed by atoms with Gasteiger partial charge in [0.05, 0.1) is 32.0 Å². The van der Waals surface area contributed by atoms with Crippen LogP contribution >= 0.6 is 0 Å². The van der Waals surface area contributed by atoms with Crippen molar-refractivity contribution >= 4 is 17.8 Å². The van der Waals surface area contributed by atoms with Gasteiger partial charge in [-0.1, -0.05) is 0 Å². The number of carbonyl (C=O) groups is 3. The molecule has 0 aromatic carbocycles. The number of rotatable bonds is 16. The van der Waals surface area contributed by atoms with E-state index in [0.29, 0.717) is 0 Å². The number of hydrogen-bond acceptors (Lipinski definition) is 8. The lowest BCUT2D eigenvalue weighted by molar-refractivity contribution is -0.167. The number of aliphatic carboxylic acids is 1. The minimum atomic E-state index is -1.13. The smallest absolute Gasteiger partial charge is 0.322 e. The minimum absolute atomic E-state index is 0.125. The third-order valence-corrected chi connectivity index (χ3v) is 2.85. The highest BCUT2D eigenvalue weighted by molar-refractivity contribution is 5.81. The van der Waals surface area contributed by atoms with Crippen molar-refractivity contribution in [1.82, 2.24) is 10.6 Å². The summed E-state index contributed by atoms with van der Waals surface area (Å²) in [5, 5.41) is 22.8. The Kier molecular flexibility index (Phi) is 14.2. The first-order valence-electron chi connectivity index (χ1n) is 8.94. The number of ether oxygens (including phenoxy) is 4. The Morgan fingerprint density at radius 3 is 1.89 bits per heavy atom. The van der Waals surface area contributed by atoms with Gasteiger partial charge in [-0.15, -0.1) is 0 Å². The van der Waals surface area contributed by atoms with Gasteiger partial charge in [-0.05, 0) is 20.8 Å². The molecule has 11 heteroatoms. The molecule has 28 heavy (non-hydrogen) atoms. The summed E-state index contributed by atoms with van der Waals surface area (Å²) in [6, 6.07) is 0. The molecule has 0 rings (SSSR count). The van der Waals surface area contributed by atoms with E-state index in [9.17, 15) is 19.5 Å². The number of aliphatic hydroxyl groups is 1. The summed E-state index contributed by atoms with van der Waals surface area (Å²) in [5.41, 5.74) is -0.454. The van der Waals surface area contributed by atoms with Crippen LogP contribution in [0.4, 0.5) is 0 Å². The first-order valence-corrected chi connectivity index (χ1v) is 8.94. The van der Waals surface area contributed by atoms with Gasteiger partial charge in [-0.2, -0.15) is 0 Å². The van der Waals surface area contributed by atoms with Crippen molar-refractivity contribution in [2.45, 2.75) is 39.1 Å². The van der Waals surface area contributed by atoms with Crippen molar-refractivity contribution in [2.75, 3.05) is 52.7 Å². The highest BCUT2D eigenvalue weighted by Crippen LogP contribution is 2.10. The average Bonchev–Trinajstić information content (AvgIpc) is 2.56. The molecule has 0 aliphatic heterocycles. The summed E-state index contributed by atoms with van der Waals surface area (Å²) in [7, 11) is 0. The van der Waals surface area contributed by atoms with Crippen molar-refractivity contribution in [3.63, 3.8) is 0 Å². The highest BCUT2D eigenvalue weighted by Gasteiger charge is 2.16. The van der Waals surface area contributed by atoms with Gasteiger partial charge in [0.15, 0.2) is 6.29 Å². The maximum Gasteiger partial charge on any atom is 0.322 e. The lowest BCUT2D eigenvalue weighted by Crippen LogP contribution is -2.33. The molecule has 0 aliphatic carbocycles. The number of aliphatic hydroxyl groups excluding tert-OH is 1. The topological polar surface area (TPSA) is 153 Å². The summed E-state index contributed by atoms with van der Waals surface area (Å²) < 4.78 is 20.6. The fourth-order valence-corrected chi connectivity index (χ4v) is 1.75. The second-order valence-electron chi connectivity index (χ2n) is 6.71. The Morgan fingerprint density at radius 1 is 0.893 bits per heavy atom. The summed E-state index contributed by atoms with van der Waals surface area (Å²) in [4.78, 5) is 32.9. The monoisotopic (exact) mass is 408 g/mol. The number of nitrogens with one attached hydrogen (secondary N) is 2. The third-order valence-electron chi connectivity index (χ3n) is 2.85. The fraction of sp³-hybridized carbons (Fsp3) is 0.824. The van der Waals surface area contributed by atoms with E-state index in [1.807, 2.05) is 20.8 Å². The maximum atomic E-state index is 11.5. The standard InChI is InChI=1S/C17H32N2O9/c1-17(2,3)28-16(24)4-5-18-13(20)11-26-8-6-25-7-9-27-12-14(21)19-10-15(22)23/h16,24H,4-12H2,1-3H3,(H,18,20)(H,19,21)(H,22,23). The predicted octanol–water partition coefficient (Wildman–Crippen LogP) is -1.12. The molecule has 0 saturated heterocycles. The first-order chi connectivity index (χ1) is 13.1. The zero-order valence-corrected chi connectivity index (χ0v) is 16.7. The van der Waals surface area contributed by atoms with Crippen LogP contribution < -0.4 is 10.6 Å². The molecular weight excluding hydrogens is 376 g/mol. The number of carbonyl (C=O) groups excluding carboxylic acids is 2. The predicted molar refractivity (Wildman–Crippen MR) is 97.6 cm³/mol. The van der Waals surface area contributed by atoms with Gasteiger partial charge in [-0.25, -0.2) is 0 Å². The molecular formula is C17H32N2O9. The van der Waals surface area contributed by atoms with Gasteiger partial charge in [0.25, 0.3) is 0 Å².